The standard InChI is InChI=1S/C17H23IN2O/c1-12-3-2-4-15(16(12)18)17(21)20(14-5-6-14)11-13-7-9-19-10-8-13/h2-4,13-14,19H,5-11H2,1H3. The van der Waals surface area contributed by atoms with Gasteiger partial charge in [-0.25, -0.2) is 0 Å². The normalized spacial score (nSPS) is 19.5. The number of aryl methyl sites for hydroxylation is 1. The third kappa shape index (κ3) is 3.59. The molecule has 0 atom stereocenters. The zero-order valence-corrected chi connectivity index (χ0v) is 14.7. The Balaban J connectivity index is 1.76. The molecule has 0 unspecified atom stereocenters. The Morgan fingerprint density at radius 1 is 1.29 bits per heavy atom. The van der Waals surface area contributed by atoms with E-state index in [0.29, 0.717) is 12.0 Å². The molecule has 1 aliphatic heterocycles. The van der Waals surface area contributed by atoms with Crippen LogP contribution in [-0.4, -0.2) is 36.5 Å². The minimum Gasteiger partial charge on any atom is -0.335 e. The Labute approximate surface area is 140 Å². The third-order valence-electron chi connectivity index (χ3n) is 4.58. The fourth-order valence-corrected chi connectivity index (χ4v) is 3.68. The van der Waals surface area contributed by atoms with E-state index >= 15 is 0 Å². The van der Waals surface area contributed by atoms with Gasteiger partial charge < -0.3 is 10.2 Å². The molecule has 2 aliphatic rings. The van der Waals surface area contributed by atoms with Crippen LogP contribution in [0.5, 0.6) is 0 Å². The average Bonchev–Trinajstić information content (AvgIpc) is 3.33. The van der Waals surface area contributed by atoms with Gasteiger partial charge in [0.15, 0.2) is 0 Å². The van der Waals surface area contributed by atoms with Gasteiger partial charge in [-0.1, -0.05) is 12.1 Å². The van der Waals surface area contributed by atoms with Crippen molar-refractivity contribution in [3.8, 4) is 0 Å². The van der Waals surface area contributed by atoms with Crippen LogP contribution in [0.4, 0.5) is 0 Å². The van der Waals surface area contributed by atoms with Crippen molar-refractivity contribution < 1.29 is 4.79 Å². The van der Waals surface area contributed by atoms with Gasteiger partial charge in [0.05, 0.1) is 5.56 Å². The van der Waals surface area contributed by atoms with Crippen LogP contribution < -0.4 is 5.32 Å². The van der Waals surface area contributed by atoms with Crippen LogP contribution in [0.1, 0.15) is 41.6 Å². The summed E-state index contributed by atoms with van der Waals surface area (Å²) < 4.78 is 1.11. The first-order valence-corrected chi connectivity index (χ1v) is 9.01. The summed E-state index contributed by atoms with van der Waals surface area (Å²) in [6, 6.07) is 6.55. The lowest BCUT2D eigenvalue weighted by atomic mass is 9.97. The molecular formula is C17H23IN2O. The van der Waals surface area contributed by atoms with E-state index in [0.717, 1.165) is 28.8 Å². The summed E-state index contributed by atoms with van der Waals surface area (Å²) >= 11 is 2.31. The molecule has 3 nitrogen and oxygen atoms in total. The Bertz CT molecular complexity index is 522. The maximum atomic E-state index is 13.0. The quantitative estimate of drug-likeness (QED) is 0.791. The molecular weight excluding hydrogens is 375 g/mol. The fraction of sp³-hybridized carbons (Fsp3) is 0.588. The van der Waals surface area contributed by atoms with Crippen LogP contribution in [0.25, 0.3) is 0 Å². The van der Waals surface area contributed by atoms with E-state index in [9.17, 15) is 4.79 Å². The Morgan fingerprint density at radius 2 is 2.00 bits per heavy atom. The van der Waals surface area contributed by atoms with E-state index in [1.165, 1.54) is 31.2 Å². The highest BCUT2D eigenvalue weighted by Crippen LogP contribution is 2.31. The van der Waals surface area contributed by atoms with Gasteiger partial charge >= 0.3 is 0 Å². The molecule has 1 aliphatic carbocycles. The molecule has 4 heteroatoms. The number of carbonyl (C=O) groups excluding carboxylic acids is 1. The van der Waals surface area contributed by atoms with Crippen LogP contribution in [0, 0.1) is 16.4 Å². The number of rotatable bonds is 4. The molecule has 1 aromatic rings. The number of piperidine rings is 1. The highest BCUT2D eigenvalue weighted by molar-refractivity contribution is 14.1. The summed E-state index contributed by atoms with van der Waals surface area (Å²) in [6.45, 7) is 5.21. The topological polar surface area (TPSA) is 32.3 Å². The average molecular weight is 398 g/mol. The van der Waals surface area contributed by atoms with Crippen LogP contribution in [-0.2, 0) is 0 Å². The predicted molar refractivity (Wildman–Crippen MR) is 93.5 cm³/mol. The number of nitrogens with zero attached hydrogens (tertiary/aromatic N) is 1. The van der Waals surface area contributed by atoms with Crippen molar-refractivity contribution >= 4 is 28.5 Å². The van der Waals surface area contributed by atoms with E-state index in [1.807, 2.05) is 12.1 Å². The molecule has 1 heterocycles. The van der Waals surface area contributed by atoms with Gasteiger partial charge in [-0.05, 0) is 85.8 Å². The lowest BCUT2D eigenvalue weighted by Gasteiger charge is -2.30. The first kappa shape index (κ1) is 15.3. The largest absolute Gasteiger partial charge is 0.335 e. The first-order chi connectivity index (χ1) is 10.2. The van der Waals surface area contributed by atoms with Crippen LogP contribution in [0.3, 0.4) is 0 Å². The minimum absolute atomic E-state index is 0.240. The van der Waals surface area contributed by atoms with E-state index in [1.54, 1.807) is 0 Å². The zero-order valence-electron chi connectivity index (χ0n) is 12.6. The molecule has 0 radical (unpaired) electrons. The predicted octanol–water partition coefficient (Wildman–Crippen LogP) is 3.20. The van der Waals surface area contributed by atoms with E-state index in [2.05, 4.69) is 45.8 Å². The van der Waals surface area contributed by atoms with Gasteiger partial charge in [0.1, 0.15) is 0 Å². The summed E-state index contributed by atoms with van der Waals surface area (Å²) in [5, 5.41) is 3.41. The van der Waals surface area contributed by atoms with Crippen molar-refractivity contribution in [2.45, 2.75) is 38.6 Å². The Kier molecular flexibility index (Phi) is 4.84. The molecule has 1 N–H and O–H groups in total. The number of hydrogen-bond donors (Lipinski definition) is 1. The SMILES string of the molecule is Cc1cccc(C(=O)N(CC2CCNCC2)C2CC2)c1I. The van der Waals surface area contributed by atoms with Crippen molar-refractivity contribution in [1.29, 1.82) is 0 Å². The van der Waals surface area contributed by atoms with Gasteiger partial charge in [0, 0.05) is 16.2 Å². The van der Waals surface area contributed by atoms with E-state index in [-0.39, 0.29) is 5.91 Å². The van der Waals surface area contributed by atoms with Crippen LogP contribution in [0.2, 0.25) is 0 Å². The second-order valence-corrected chi connectivity index (χ2v) is 7.40. The molecule has 1 amide bonds. The van der Waals surface area contributed by atoms with Gasteiger partial charge in [-0.15, -0.1) is 0 Å². The molecule has 114 valence electrons. The molecule has 1 saturated carbocycles. The lowest BCUT2D eigenvalue weighted by Crippen LogP contribution is -2.40. The molecule has 3 rings (SSSR count). The molecule has 1 saturated heterocycles. The smallest absolute Gasteiger partial charge is 0.255 e. The highest BCUT2D eigenvalue weighted by atomic mass is 127. The minimum atomic E-state index is 0.240. The number of hydrogen-bond acceptors (Lipinski definition) is 2. The van der Waals surface area contributed by atoms with Gasteiger partial charge in [-0.3, -0.25) is 4.79 Å². The second-order valence-electron chi connectivity index (χ2n) is 6.32. The molecule has 0 aromatic heterocycles. The van der Waals surface area contributed by atoms with Gasteiger partial charge in [-0.2, -0.15) is 0 Å². The third-order valence-corrected chi connectivity index (χ3v) is 6.02. The van der Waals surface area contributed by atoms with Crippen molar-refractivity contribution in [2.24, 2.45) is 5.92 Å². The Hall–Kier alpha value is -0.620. The number of nitrogens with one attached hydrogen (secondary N) is 1. The fourth-order valence-electron chi connectivity index (χ4n) is 3.09. The van der Waals surface area contributed by atoms with Crippen molar-refractivity contribution in [3.63, 3.8) is 0 Å². The zero-order chi connectivity index (χ0) is 14.8. The summed E-state index contributed by atoms with van der Waals surface area (Å²) in [5.74, 6) is 0.905. The summed E-state index contributed by atoms with van der Waals surface area (Å²) in [7, 11) is 0. The second kappa shape index (κ2) is 6.65. The maximum Gasteiger partial charge on any atom is 0.255 e. The van der Waals surface area contributed by atoms with Crippen molar-refractivity contribution in [2.75, 3.05) is 19.6 Å². The van der Waals surface area contributed by atoms with Gasteiger partial charge in [0.2, 0.25) is 0 Å². The summed E-state index contributed by atoms with van der Waals surface area (Å²) in [5.41, 5.74) is 2.08. The molecule has 0 bridgehead atoms. The Morgan fingerprint density at radius 3 is 2.67 bits per heavy atom. The number of carbonyl (C=O) groups is 1. The number of halogens is 1. The summed E-state index contributed by atoms with van der Waals surface area (Å²) in [6.07, 6.45) is 4.75. The molecule has 2 fully saturated rings. The lowest BCUT2D eigenvalue weighted by molar-refractivity contribution is 0.0700. The van der Waals surface area contributed by atoms with Gasteiger partial charge in [0.25, 0.3) is 5.91 Å². The molecule has 21 heavy (non-hydrogen) atoms. The molecule has 1 aromatic carbocycles. The van der Waals surface area contributed by atoms with Crippen molar-refractivity contribution in [1.82, 2.24) is 10.2 Å². The monoisotopic (exact) mass is 398 g/mol. The molecule has 0 spiro atoms. The van der Waals surface area contributed by atoms with Crippen molar-refractivity contribution in [3.05, 3.63) is 32.9 Å². The van der Waals surface area contributed by atoms with E-state index in [4.69, 9.17) is 0 Å². The number of benzene rings is 1. The van der Waals surface area contributed by atoms with Crippen LogP contribution >= 0.6 is 22.6 Å². The summed E-state index contributed by atoms with van der Waals surface area (Å²) in [4.78, 5) is 15.1. The van der Waals surface area contributed by atoms with E-state index < -0.39 is 0 Å². The maximum absolute atomic E-state index is 13.0. The number of amides is 1. The van der Waals surface area contributed by atoms with Crippen LogP contribution in [0.15, 0.2) is 18.2 Å². The highest BCUT2D eigenvalue weighted by Gasteiger charge is 2.35. The first-order valence-electron chi connectivity index (χ1n) is 7.93.